The van der Waals surface area contributed by atoms with Crippen LogP contribution < -0.4 is 5.32 Å². The third-order valence-electron chi connectivity index (χ3n) is 3.09. The second-order valence-electron chi connectivity index (χ2n) is 6.19. The highest BCUT2D eigenvalue weighted by Gasteiger charge is 2.36. The molecule has 0 bridgehead atoms. The number of hydrogen-bond donors (Lipinski definition) is 1. The van der Waals surface area contributed by atoms with E-state index >= 15 is 0 Å². The van der Waals surface area contributed by atoms with Gasteiger partial charge in [0.15, 0.2) is 12.1 Å². The van der Waals surface area contributed by atoms with E-state index in [0.29, 0.717) is 5.56 Å². The van der Waals surface area contributed by atoms with Gasteiger partial charge < -0.3 is 14.8 Å². The van der Waals surface area contributed by atoms with Gasteiger partial charge in [-0.15, -0.1) is 0 Å². The normalized spacial score (nSPS) is 13.6. The summed E-state index contributed by atoms with van der Waals surface area (Å²) in [5.74, 6) is -1.59. The van der Waals surface area contributed by atoms with Gasteiger partial charge in [0.05, 0.1) is 12.5 Å². The number of hydrogen-bond acceptors (Lipinski definition) is 5. The van der Waals surface area contributed by atoms with Crippen molar-refractivity contribution >= 4 is 17.8 Å². The standard InChI is InChI=1S/C17H23NO5/c1-11(19)18-13(15(20)22-5)14(12-9-7-6-8-10-12)23-16(21)17(2,3)4/h6-10,13-14H,1-5H3,(H,18,19)/t13-,14+/m0/s1. The number of ether oxygens (including phenoxy) is 2. The predicted octanol–water partition coefficient (Wildman–Crippen LogP) is 1.99. The van der Waals surface area contributed by atoms with Crippen LogP contribution >= 0.6 is 0 Å². The van der Waals surface area contributed by atoms with Gasteiger partial charge in [0.25, 0.3) is 0 Å². The van der Waals surface area contributed by atoms with Crippen molar-refractivity contribution < 1.29 is 23.9 Å². The molecule has 1 aromatic carbocycles. The number of benzene rings is 1. The van der Waals surface area contributed by atoms with Crippen LogP contribution in [0.4, 0.5) is 0 Å². The summed E-state index contributed by atoms with van der Waals surface area (Å²) in [6.45, 7) is 6.42. The van der Waals surface area contributed by atoms with E-state index in [1.54, 1.807) is 51.1 Å². The molecule has 0 unspecified atom stereocenters. The van der Waals surface area contributed by atoms with E-state index in [-0.39, 0.29) is 0 Å². The lowest BCUT2D eigenvalue weighted by molar-refractivity contribution is -0.165. The molecule has 0 radical (unpaired) electrons. The Morgan fingerprint density at radius 1 is 1.09 bits per heavy atom. The van der Waals surface area contributed by atoms with Crippen molar-refractivity contribution in [3.05, 3.63) is 35.9 Å². The van der Waals surface area contributed by atoms with Crippen LogP contribution in [-0.2, 0) is 23.9 Å². The Kier molecular flexibility index (Phi) is 6.30. The van der Waals surface area contributed by atoms with Crippen LogP contribution in [0.2, 0.25) is 0 Å². The molecule has 1 rings (SSSR count). The molecule has 6 heteroatoms. The van der Waals surface area contributed by atoms with Gasteiger partial charge in [0.2, 0.25) is 5.91 Å². The number of amides is 1. The summed E-state index contributed by atoms with van der Waals surface area (Å²) >= 11 is 0. The average molecular weight is 321 g/mol. The molecule has 0 saturated carbocycles. The van der Waals surface area contributed by atoms with Crippen molar-refractivity contribution in [2.75, 3.05) is 7.11 Å². The van der Waals surface area contributed by atoms with E-state index in [1.165, 1.54) is 14.0 Å². The second kappa shape index (κ2) is 7.76. The Labute approximate surface area is 136 Å². The molecule has 0 saturated heterocycles. The summed E-state index contributed by atoms with van der Waals surface area (Å²) in [4.78, 5) is 35.8. The minimum Gasteiger partial charge on any atom is -0.467 e. The quantitative estimate of drug-likeness (QED) is 0.839. The van der Waals surface area contributed by atoms with Crippen molar-refractivity contribution in [1.29, 1.82) is 0 Å². The Bertz CT molecular complexity index is 562. The van der Waals surface area contributed by atoms with E-state index < -0.39 is 35.4 Å². The van der Waals surface area contributed by atoms with Crippen LogP contribution in [-0.4, -0.2) is 31.0 Å². The maximum Gasteiger partial charge on any atom is 0.332 e. The predicted molar refractivity (Wildman–Crippen MR) is 84.4 cm³/mol. The summed E-state index contributed by atoms with van der Waals surface area (Å²) < 4.78 is 10.3. The van der Waals surface area contributed by atoms with Crippen LogP contribution in [0.1, 0.15) is 39.4 Å². The molecular weight excluding hydrogens is 298 g/mol. The van der Waals surface area contributed by atoms with E-state index in [9.17, 15) is 14.4 Å². The van der Waals surface area contributed by atoms with Crippen LogP contribution in [0, 0.1) is 5.41 Å². The van der Waals surface area contributed by atoms with Crippen LogP contribution in [0.5, 0.6) is 0 Å². The minimum absolute atomic E-state index is 0.423. The molecule has 1 aromatic rings. The van der Waals surface area contributed by atoms with Gasteiger partial charge >= 0.3 is 11.9 Å². The Hall–Kier alpha value is -2.37. The lowest BCUT2D eigenvalue weighted by atomic mass is 9.96. The van der Waals surface area contributed by atoms with Gasteiger partial charge in [-0.3, -0.25) is 9.59 Å². The minimum atomic E-state index is -1.12. The highest BCUT2D eigenvalue weighted by atomic mass is 16.6. The summed E-state index contributed by atoms with van der Waals surface area (Å²) in [7, 11) is 1.21. The second-order valence-corrected chi connectivity index (χ2v) is 6.19. The molecule has 126 valence electrons. The molecule has 2 atom stereocenters. The highest BCUT2D eigenvalue weighted by molar-refractivity contribution is 5.84. The van der Waals surface area contributed by atoms with Gasteiger partial charge in [-0.25, -0.2) is 4.79 Å². The third-order valence-corrected chi connectivity index (χ3v) is 3.09. The van der Waals surface area contributed by atoms with Crippen molar-refractivity contribution in [2.45, 2.75) is 39.8 Å². The molecule has 0 spiro atoms. The molecule has 23 heavy (non-hydrogen) atoms. The zero-order valence-corrected chi connectivity index (χ0v) is 14.1. The maximum absolute atomic E-state index is 12.3. The first-order valence-electron chi connectivity index (χ1n) is 7.27. The summed E-state index contributed by atoms with van der Waals surface area (Å²) in [6, 6.07) is 7.64. The number of methoxy groups -OCH3 is 1. The first-order chi connectivity index (χ1) is 10.7. The lowest BCUT2D eigenvalue weighted by Gasteiger charge is -2.28. The SMILES string of the molecule is COC(=O)[C@@H](NC(C)=O)[C@H](OC(=O)C(C)(C)C)c1ccccc1. The number of carbonyl (C=O) groups is 3. The summed E-state index contributed by atoms with van der Waals surface area (Å²) in [5, 5.41) is 2.50. The fourth-order valence-corrected chi connectivity index (χ4v) is 1.87. The zero-order valence-electron chi connectivity index (χ0n) is 14.1. The first-order valence-corrected chi connectivity index (χ1v) is 7.27. The smallest absolute Gasteiger partial charge is 0.332 e. The van der Waals surface area contributed by atoms with Gasteiger partial charge in [-0.1, -0.05) is 30.3 Å². The van der Waals surface area contributed by atoms with Crippen molar-refractivity contribution in [3.63, 3.8) is 0 Å². The fourth-order valence-electron chi connectivity index (χ4n) is 1.87. The van der Waals surface area contributed by atoms with E-state index in [4.69, 9.17) is 9.47 Å². The topological polar surface area (TPSA) is 81.7 Å². The van der Waals surface area contributed by atoms with Gasteiger partial charge in [-0.2, -0.15) is 0 Å². The third kappa shape index (κ3) is 5.39. The van der Waals surface area contributed by atoms with Gasteiger partial charge in [0.1, 0.15) is 0 Å². The van der Waals surface area contributed by atoms with Crippen molar-refractivity contribution in [3.8, 4) is 0 Å². The number of rotatable bonds is 5. The number of nitrogens with one attached hydrogen (secondary N) is 1. The maximum atomic E-state index is 12.3. The largest absolute Gasteiger partial charge is 0.467 e. The molecule has 0 aliphatic rings. The summed E-state index contributed by atoms with van der Waals surface area (Å²) in [6.07, 6.45) is -0.973. The van der Waals surface area contributed by atoms with E-state index in [1.807, 2.05) is 0 Å². The molecule has 0 aliphatic heterocycles. The Morgan fingerprint density at radius 3 is 2.09 bits per heavy atom. The van der Waals surface area contributed by atoms with E-state index in [0.717, 1.165) is 0 Å². The number of carbonyl (C=O) groups excluding carboxylic acids is 3. The Morgan fingerprint density at radius 2 is 1.65 bits per heavy atom. The molecule has 1 amide bonds. The monoisotopic (exact) mass is 321 g/mol. The van der Waals surface area contributed by atoms with Gasteiger partial charge in [-0.05, 0) is 26.3 Å². The molecule has 0 fully saturated rings. The fraction of sp³-hybridized carbons (Fsp3) is 0.471. The van der Waals surface area contributed by atoms with Crippen LogP contribution in [0.25, 0.3) is 0 Å². The van der Waals surface area contributed by atoms with Crippen LogP contribution in [0.15, 0.2) is 30.3 Å². The zero-order chi connectivity index (χ0) is 17.6. The number of esters is 2. The van der Waals surface area contributed by atoms with Crippen molar-refractivity contribution in [1.82, 2.24) is 5.32 Å². The molecule has 0 aliphatic carbocycles. The molecule has 1 N–H and O–H groups in total. The molecular formula is C17H23NO5. The van der Waals surface area contributed by atoms with E-state index in [2.05, 4.69) is 5.32 Å². The first kappa shape index (κ1) is 18.7. The molecule has 6 nitrogen and oxygen atoms in total. The molecule has 0 aromatic heterocycles. The average Bonchev–Trinajstić information content (AvgIpc) is 2.49. The summed E-state index contributed by atoms with van der Waals surface area (Å²) in [5.41, 5.74) is -0.154. The van der Waals surface area contributed by atoms with Crippen molar-refractivity contribution in [2.24, 2.45) is 5.41 Å². The highest BCUT2D eigenvalue weighted by Crippen LogP contribution is 2.27. The lowest BCUT2D eigenvalue weighted by Crippen LogP contribution is -2.46. The van der Waals surface area contributed by atoms with Gasteiger partial charge in [0, 0.05) is 6.92 Å². The molecule has 0 heterocycles. The Balaban J connectivity index is 3.22. The van der Waals surface area contributed by atoms with Crippen LogP contribution in [0.3, 0.4) is 0 Å².